The molecule has 0 saturated carbocycles. The van der Waals surface area contributed by atoms with Crippen molar-refractivity contribution in [1.29, 1.82) is 0 Å². The molecule has 0 aromatic heterocycles. The minimum Gasteiger partial charge on any atom is -0.337 e. The minimum absolute atomic E-state index is 0.219. The Bertz CT molecular complexity index is 171. The van der Waals surface area contributed by atoms with E-state index < -0.39 is 12.3 Å². The molecule has 0 radical (unpaired) electrons. The van der Waals surface area contributed by atoms with E-state index in [1.807, 2.05) is 27.7 Å². The van der Waals surface area contributed by atoms with Gasteiger partial charge in [-0.1, -0.05) is 27.7 Å². The lowest BCUT2D eigenvalue weighted by Gasteiger charge is -2.25. The van der Waals surface area contributed by atoms with Crippen LogP contribution in [-0.4, -0.2) is 30.3 Å². The second kappa shape index (κ2) is 5.94. The van der Waals surface area contributed by atoms with Gasteiger partial charge in [0.05, 0.1) is 0 Å². The molecule has 0 aromatic rings. The van der Waals surface area contributed by atoms with Crippen LogP contribution in [-0.2, 0) is 4.79 Å². The third kappa shape index (κ3) is 5.14. The Hall–Kier alpha value is -0.670. The van der Waals surface area contributed by atoms with Gasteiger partial charge in [0.2, 0.25) is 0 Å². The first-order valence-electron chi connectivity index (χ1n) is 4.91. The van der Waals surface area contributed by atoms with Crippen molar-refractivity contribution in [3.05, 3.63) is 0 Å². The molecule has 0 heterocycles. The summed E-state index contributed by atoms with van der Waals surface area (Å²) in [7, 11) is 0. The number of hydrogen-bond donors (Lipinski definition) is 0. The Balaban J connectivity index is 4.31. The van der Waals surface area contributed by atoms with E-state index in [9.17, 15) is 13.6 Å². The van der Waals surface area contributed by atoms with E-state index in [1.54, 1.807) is 0 Å². The summed E-state index contributed by atoms with van der Waals surface area (Å²) in [5.41, 5.74) is 0. The Morgan fingerprint density at radius 1 is 1.07 bits per heavy atom. The van der Waals surface area contributed by atoms with Gasteiger partial charge in [-0.05, 0) is 11.8 Å². The third-order valence-electron chi connectivity index (χ3n) is 1.67. The van der Waals surface area contributed by atoms with Crippen LogP contribution in [0.2, 0.25) is 0 Å². The largest absolute Gasteiger partial charge is 0.337 e. The molecular weight excluding hydrogens is 188 g/mol. The SMILES string of the molecule is CC(C)CN(CC(C)C)C(=O)C(F)F. The van der Waals surface area contributed by atoms with Crippen LogP contribution in [0.15, 0.2) is 0 Å². The van der Waals surface area contributed by atoms with Gasteiger partial charge >= 0.3 is 6.43 Å². The maximum absolute atomic E-state index is 12.2. The molecule has 0 unspecified atom stereocenters. The number of amides is 1. The summed E-state index contributed by atoms with van der Waals surface area (Å²) in [5.74, 6) is -0.611. The highest BCUT2D eigenvalue weighted by Gasteiger charge is 2.24. The molecule has 0 aliphatic rings. The molecule has 0 rings (SSSR count). The monoisotopic (exact) mass is 207 g/mol. The Morgan fingerprint density at radius 3 is 1.64 bits per heavy atom. The fraction of sp³-hybridized carbons (Fsp3) is 0.900. The predicted molar refractivity (Wildman–Crippen MR) is 52.3 cm³/mol. The molecule has 84 valence electrons. The van der Waals surface area contributed by atoms with Gasteiger partial charge in [0.1, 0.15) is 0 Å². The number of rotatable bonds is 5. The summed E-state index contributed by atoms with van der Waals surface area (Å²) in [6.45, 7) is 8.44. The molecule has 0 atom stereocenters. The minimum atomic E-state index is -2.88. The van der Waals surface area contributed by atoms with E-state index >= 15 is 0 Å². The van der Waals surface area contributed by atoms with E-state index in [4.69, 9.17) is 0 Å². The van der Waals surface area contributed by atoms with Gasteiger partial charge < -0.3 is 4.90 Å². The van der Waals surface area contributed by atoms with Crippen molar-refractivity contribution in [1.82, 2.24) is 4.90 Å². The van der Waals surface area contributed by atoms with Crippen LogP contribution < -0.4 is 0 Å². The third-order valence-corrected chi connectivity index (χ3v) is 1.67. The maximum atomic E-state index is 12.2. The second-order valence-electron chi connectivity index (χ2n) is 4.33. The zero-order chi connectivity index (χ0) is 11.3. The van der Waals surface area contributed by atoms with Gasteiger partial charge in [-0.15, -0.1) is 0 Å². The molecule has 0 saturated heterocycles. The average Bonchev–Trinajstić information content (AvgIpc) is 1.99. The van der Waals surface area contributed by atoms with Crippen molar-refractivity contribution < 1.29 is 13.6 Å². The standard InChI is InChI=1S/C10H19F2NO/c1-7(2)5-13(6-8(3)4)10(14)9(11)12/h7-9H,5-6H2,1-4H3. The molecule has 0 aromatic carbocycles. The molecule has 4 heteroatoms. The first-order valence-corrected chi connectivity index (χ1v) is 4.91. The number of carbonyl (C=O) groups excluding carboxylic acids is 1. The van der Waals surface area contributed by atoms with Crippen LogP contribution >= 0.6 is 0 Å². The molecule has 0 spiro atoms. The van der Waals surface area contributed by atoms with E-state index in [0.29, 0.717) is 13.1 Å². The summed E-state index contributed by atoms with van der Waals surface area (Å²) < 4.78 is 24.4. The lowest BCUT2D eigenvalue weighted by Crippen LogP contribution is -2.40. The predicted octanol–water partition coefficient (Wildman–Crippen LogP) is 2.39. The fourth-order valence-corrected chi connectivity index (χ4v) is 1.27. The zero-order valence-corrected chi connectivity index (χ0v) is 9.26. The quantitative estimate of drug-likeness (QED) is 0.678. The second-order valence-corrected chi connectivity index (χ2v) is 4.33. The summed E-state index contributed by atoms with van der Waals surface area (Å²) in [5, 5.41) is 0. The Morgan fingerprint density at radius 2 is 1.43 bits per heavy atom. The van der Waals surface area contributed by atoms with Gasteiger partial charge in [0.25, 0.3) is 5.91 Å². The zero-order valence-electron chi connectivity index (χ0n) is 9.26. The molecule has 2 nitrogen and oxygen atoms in total. The fourth-order valence-electron chi connectivity index (χ4n) is 1.27. The van der Waals surface area contributed by atoms with E-state index in [2.05, 4.69) is 0 Å². The molecule has 0 bridgehead atoms. The van der Waals surface area contributed by atoms with Crippen molar-refractivity contribution in [3.8, 4) is 0 Å². The highest BCUT2D eigenvalue weighted by Crippen LogP contribution is 2.08. The molecule has 14 heavy (non-hydrogen) atoms. The van der Waals surface area contributed by atoms with Crippen LogP contribution in [0.1, 0.15) is 27.7 Å². The highest BCUT2D eigenvalue weighted by atomic mass is 19.3. The topological polar surface area (TPSA) is 20.3 Å². The van der Waals surface area contributed by atoms with Crippen LogP contribution in [0.5, 0.6) is 0 Å². The summed E-state index contributed by atoms with van der Waals surface area (Å²) in [4.78, 5) is 12.3. The number of alkyl halides is 2. The van der Waals surface area contributed by atoms with Gasteiger partial charge in [-0.2, -0.15) is 8.78 Å². The van der Waals surface area contributed by atoms with Crippen LogP contribution in [0.3, 0.4) is 0 Å². The van der Waals surface area contributed by atoms with Crippen molar-refractivity contribution in [2.75, 3.05) is 13.1 Å². The first kappa shape index (κ1) is 13.3. The lowest BCUT2D eigenvalue weighted by atomic mass is 10.1. The number of carbonyl (C=O) groups is 1. The van der Waals surface area contributed by atoms with Crippen LogP contribution in [0, 0.1) is 11.8 Å². The Labute approximate surface area is 84.3 Å². The van der Waals surface area contributed by atoms with E-state index in [-0.39, 0.29) is 11.8 Å². The number of hydrogen-bond acceptors (Lipinski definition) is 1. The van der Waals surface area contributed by atoms with E-state index in [1.165, 1.54) is 4.90 Å². The smallest absolute Gasteiger partial charge is 0.315 e. The van der Waals surface area contributed by atoms with Crippen LogP contribution in [0.25, 0.3) is 0 Å². The number of nitrogens with zero attached hydrogens (tertiary/aromatic N) is 1. The van der Waals surface area contributed by atoms with E-state index in [0.717, 1.165) is 0 Å². The van der Waals surface area contributed by atoms with Crippen molar-refractivity contribution >= 4 is 5.91 Å². The van der Waals surface area contributed by atoms with Gasteiger partial charge in [-0.25, -0.2) is 0 Å². The van der Waals surface area contributed by atoms with Gasteiger partial charge in [0.15, 0.2) is 0 Å². The molecule has 0 fully saturated rings. The Kier molecular flexibility index (Phi) is 5.65. The summed E-state index contributed by atoms with van der Waals surface area (Å²) in [6.07, 6.45) is -2.88. The van der Waals surface area contributed by atoms with Crippen molar-refractivity contribution in [2.24, 2.45) is 11.8 Å². The molecule has 1 amide bonds. The first-order chi connectivity index (χ1) is 6.34. The van der Waals surface area contributed by atoms with Crippen molar-refractivity contribution in [2.45, 2.75) is 34.1 Å². The summed E-state index contributed by atoms with van der Waals surface area (Å²) in [6, 6.07) is 0. The lowest BCUT2D eigenvalue weighted by molar-refractivity contribution is -0.143. The average molecular weight is 207 g/mol. The molecule has 0 N–H and O–H groups in total. The summed E-state index contributed by atoms with van der Waals surface area (Å²) >= 11 is 0. The molecule has 0 aliphatic heterocycles. The maximum Gasteiger partial charge on any atom is 0.315 e. The normalized spacial score (nSPS) is 11.5. The van der Waals surface area contributed by atoms with Crippen LogP contribution in [0.4, 0.5) is 8.78 Å². The number of halogens is 2. The van der Waals surface area contributed by atoms with Crippen molar-refractivity contribution in [3.63, 3.8) is 0 Å². The van der Waals surface area contributed by atoms with Gasteiger partial charge in [0, 0.05) is 13.1 Å². The molecule has 0 aliphatic carbocycles. The van der Waals surface area contributed by atoms with Gasteiger partial charge in [-0.3, -0.25) is 4.79 Å². The highest BCUT2D eigenvalue weighted by molar-refractivity contribution is 5.79. The molecular formula is C10H19F2NO.